The van der Waals surface area contributed by atoms with Crippen LogP contribution in [0.1, 0.15) is 19.3 Å². The van der Waals surface area contributed by atoms with Crippen molar-refractivity contribution in [2.75, 3.05) is 25.9 Å². The van der Waals surface area contributed by atoms with E-state index in [1.165, 1.54) is 0 Å². The Hall–Kier alpha value is -1.93. The van der Waals surface area contributed by atoms with Crippen LogP contribution in [0.4, 0.5) is 0 Å². The van der Waals surface area contributed by atoms with Crippen molar-refractivity contribution in [3.05, 3.63) is 35.5 Å². The molecule has 0 aliphatic heterocycles. The fourth-order valence-corrected chi connectivity index (χ4v) is 2.39. The van der Waals surface area contributed by atoms with Crippen LogP contribution in [0.3, 0.4) is 0 Å². The van der Waals surface area contributed by atoms with Crippen LogP contribution in [0.25, 0.3) is 0 Å². The molecule has 2 amide bonds. The minimum absolute atomic E-state index is 0.0917. The molecule has 0 aromatic heterocycles. The molecule has 0 fully saturated rings. The highest BCUT2D eigenvalue weighted by Gasteiger charge is 2.13. The molecule has 0 saturated heterocycles. The smallest absolute Gasteiger partial charge is 0.325 e. The molecule has 3 N–H and O–H groups in total. The fraction of sp³-hybridized carbons (Fsp3) is 0.467. The summed E-state index contributed by atoms with van der Waals surface area (Å²) >= 11 is 0. The third kappa shape index (κ3) is 10.5. The van der Waals surface area contributed by atoms with E-state index in [0.29, 0.717) is 18.8 Å². The Morgan fingerprint density at radius 3 is 2.52 bits per heavy atom. The molecule has 25 heavy (non-hydrogen) atoms. The molecule has 1 aromatic carbocycles. The Bertz CT molecular complexity index is 591. The van der Waals surface area contributed by atoms with E-state index in [2.05, 4.69) is 5.32 Å². The Morgan fingerprint density at radius 2 is 1.88 bits per heavy atom. The number of nitrogens with zero attached hydrogens (tertiary/aromatic N) is 1. The molecule has 0 atom stereocenters. The highest BCUT2D eigenvalue weighted by molar-refractivity contribution is 7.51. The van der Waals surface area contributed by atoms with Gasteiger partial charge in [-0.15, -0.1) is 0 Å². The molecule has 0 aliphatic rings. The molecule has 140 valence electrons. The molecular weight excluding hydrogens is 351 g/mol. The molecule has 0 bridgehead atoms. The Morgan fingerprint density at radius 1 is 1.20 bits per heavy atom. The lowest BCUT2D eigenvalue weighted by Crippen LogP contribution is -2.37. The van der Waals surface area contributed by atoms with Crippen molar-refractivity contribution in [3.8, 4) is 5.75 Å². The second-order valence-electron chi connectivity index (χ2n) is 5.28. The van der Waals surface area contributed by atoms with Crippen LogP contribution >= 0.6 is 7.60 Å². The fourth-order valence-electron chi connectivity index (χ4n) is 1.84. The third-order valence-electron chi connectivity index (χ3n) is 3.09. The predicted molar refractivity (Wildman–Crippen MR) is 90.8 cm³/mol. The largest absolute Gasteiger partial charge is 0.756 e. The van der Waals surface area contributed by atoms with Gasteiger partial charge in [-0.05, 0) is 25.0 Å². The Balaban J connectivity index is 2.11. The minimum atomic E-state index is -4.18. The van der Waals surface area contributed by atoms with Crippen molar-refractivity contribution in [2.24, 2.45) is 0 Å². The van der Waals surface area contributed by atoms with E-state index in [1.54, 1.807) is 12.1 Å². The maximum absolute atomic E-state index is 11.6. The molecule has 0 radical (unpaired) electrons. The maximum Gasteiger partial charge on any atom is 0.325 e. The molecule has 0 saturated carbocycles. The van der Waals surface area contributed by atoms with Crippen LogP contribution in [0.15, 0.2) is 30.3 Å². The molecule has 9 nitrogen and oxygen atoms in total. The number of benzene rings is 1. The topological polar surface area (TPSA) is 139 Å². The summed E-state index contributed by atoms with van der Waals surface area (Å²) in [7, 11) is -4.18. The minimum Gasteiger partial charge on any atom is -0.756 e. The lowest BCUT2D eigenvalue weighted by atomic mass is 10.3. The Kier molecular flexibility index (Phi) is 9.15. The summed E-state index contributed by atoms with van der Waals surface area (Å²) in [6, 6.07) is 9.13. The van der Waals surface area contributed by atoms with Gasteiger partial charge in [-0.25, -0.2) is 0 Å². The molecule has 0 heterocycles. The van der Waals surface area contributed by atoms with Gasteiger partial charge in [0.25, 0.3) is 0 Å². The van der Waals surface area contributed by atoms with Crippen molar-refractivity contribution in [1.29, 1.82) is 0 Å². The first kappa shape index (κ1) is 21.1. The number of ether oxygens (including phenoxy) is 1. The SMILES string of the molecule is O=C(CCCOc1ccccc1)NCC(=O)N([O-])CCCP(=O)(O)O. The van der Waals surface area contributed by atoms with Gasteiger partial charge in [0.1, 0.15) is 5.75 Å². The first-order chi connectivity index (χ1) is 11.8. The molecule has 1 aromatic rings. The van der Waals surface area contributed by atoms with Crippen molar-refractivity contribution in [3.63, 3.8) is 0 Å². The second-order valence-corrected chi connectivity index (χ2v) is 7.06. The van der Waals surface area contributed by atoms with Gasteiger partial charge in [0.15, 0.2) is 0 Å². The van der Waals surface area contributed by atoms with Crippen LogP contribution in [0, 0.1) is 5.21 Å². The monoisotopic (exact) mass is 373 g/mol. The van der Waals surface area contributed by atoms with Crippen LogP contribution in [0.5, 0.6) is 5.75 Å². The summed E-state index contributed by atoms with van der Waals surface area (Å²) < 4.78 is 16.1. The van der Waals surface area contributed by atoms with Crippen LogP contribution < -0.4 is 10.1 Å². The van der Waals surface area contributed by atoms with Crippen LogP contribution in [0.2, 0.25) is 0 Å². The van der Waals surface area contributed by atoms with Gasteiger partial charge in [-0.3, -0.25) is 14.2 Å². The zero-order chi connectivity index (χ0) is 18.7. The van der Waals surface area contributed by atoms with E-state index in [-0.39, 0.29) is 30.4 Å². The number of carbonyl (C=O) groups is 2. The normalized spacial score (nSPS) is 11.0. The maximum atomic E-state index is 11.6. The van der Waals surface area contributed by atoms with Crippen LogP contribution in [-0.2, 0) is 14.2 Å². The summed E-state index contributed by atoms with van der Waals surface area (Å²) in [5.41, 5.74) is 0. The van der Waals surface area contributed by atoms with E-state index < -0.39 is 26.2 Å². The van der Waals surface area contributed by atoms with Crippen molar-refractivity contribution < 1.29 is 28.7 Å². The highest BCUT2D eigenvalue weighted by Crippen LogP contribution is 2.34. The molecule has 0 aliphatic carbocycles. The van der Waals surface area contributed by atoms with E-state index >= 15 is 0 Å². The van der Waals surface area contributed by atoms with Gasteiger partial charge in [0.2, 0.25) is 11.8 Å². The summed E-state index contributed by atoms with van der Waals surface area (Å²) in [4.78, 5) is 40.4. The van der Waals surface area contributed by atoms with E-state index in [4.69, 9.17) is 14.5 Å². The molecular formula is C15H22N2O7P-. The van der Waals surface area contributed by atoms with Gasteiger partial charge in [0, 0.05) is 13.0 Å². The second kappa shape index (κ2) is 10.8. The number of hydroxylamine groups is 2. The number of nitrogens with one attached hydrogen (secondary N) is 1. The first-order valence-corrected chi connectivity index (χ1v) is 9.54. The van der Waals surface area contributed by atoms with Gasteiger partial charge in [-0.2, -0.15) is 0 Å². The van der Waals surface area contributed by atoms with E-state index in [9.17, 15) is 19.4 Å². The zero-order valence-corrected chi connectivity index (χ0v) is 14.6. The van der Waals surface area contributed by atoms with Gasteiger partial charge >= 0.3 is 7.60 Å². The van der Waals surface area contributed by atoms with Gasteiger partial charge < -0.3 is 30.1 Å². The summed E-state index contributed by atoms with van der Waals surface area (Å²) in [5, 5.41) is 13.8. The van der Waals surface area contributed by atoms with E-state index in [0.717, 1.165) is 0 Å². The molecule has 0 unspecified atom stereocenters. The summed E-state index contributed by atoms with van der Waals surface area (Å²) in [6.45, 7) is -0.427. The average molecular weight is 373 g/mol. The number of hydrogen-bond acceptors (Lipinski definition) is 5. The highest BCUT2D eigenvalue weighted by atomic mass is 31.2. The number of hydrogen-bond donors (Lipinski definition) is 3. The zero-order valence-electron chi connectivity index (χ0n) is 13.7. The standard InChI is InChI=1S/C15H22N2O7P/c18-14(8-4-10-24-13-6-2-1-3-7-13)16-12-15(19)17(20)9-5-11-25(21,22)23/h1-3,6-7H,4-5,8-12H2,(H,16,18)(H2,21,22,23)/q-1. The average Bonchev–Trinajstić information content (AvgIpc) is 2.56. The quantitative estimate of drug-likeness (QED) is 0.297. The number of rotatable bonds is 11. The van der Waals surface area contributed by atoms with Crippen LogP contribution in [-0.4, -0.2) is 52.5 Å². The van der Waals surface area contributed by atoms with Crippen molar-refractivity contribution in [1.82, 2.24) is 10.4 Å². The number of amides is 2. The lowest BCUT2D eigenvalue weighted by molar-refractivity contribution is -0.130. The summed E-state index contributed by atoms with van der Waals surface area (Å²) in [6.07, 6.45) is 0.0343. The van der Waals surface area contributed by atoms with Crippen molar-refractivity contribution in [2.45, 2.75) is 19.3 Å². The predicted octanol–water partition coefficient (Wildman–Crippen LogP) is 0.856. The van der Waals surface area contributed by atoms with Crippen molar-refractivity contribution >= 4 is 19.4 Å². The number of para-hydroxylation sites is 1. The molecule has 1 rings (SSSR count). The molecule has 0 spiro atoms. The first-order valence-electron chi connectivity index (χ1n) is 7.74. The Labute approximate surface area is 145 Å². The lowest BCUT2D eigenvalue weighted by Gasteiger charge is -2.28. The number of carbonyl (C=O) groups excluding carboxylic acids is 2. The third-order valence-corrected chi connectivity index (χ3v) is 3.98. The van der Waals surface area contributed by atoms with Gasteiger partial charge in [-0.1, -0.05) is 18.2 Å². The molecule has 10 heteroatoms. The van der Waals surface area contributed by atoms with Gasteiger partial charge in [0.05, 0.1) is 19.3 Å². The summed E-state index contributed by atoms with van der Waals surface area (Å²) in [5.74, 6) is -0.538. The van der Waals surface area contributed by atoms with E-state index in [1.807, 2.05) is 18.2 Å².